The summed E-state index contributed by atoms with van der Waals surface area (Å²) in [5.74, 6) is -0.901. The van der Waals surface area contributed by atoms with Crippen molar-refractivity contribution in [2.24, 2.45) is 10.8 Å². The van der Waals surface area contributed by atoms with Gasteiger partial charge in [0.15, 0.2) is 0 Å². The van der Waals surface area contributed by atoms with Crippen LogP contribution in [0.3, 0.4) is 0 Å². The zero-order valence-corrected chi connectivity index (χ0v) is 19.9. The number of nitrogens with one attached hydrogen (secondary N) is 4. The first-order chi connectivity index (χ1) is 14.9. The fourth-order valence-corrected chi connectivity index (χ4v) is 1.97. The van der Waals surface area contributed by atoms with Gasteiger partial charge in [-0.25, -0.2) is 9.59 Å². The minimum Gasteiger partial charge on any atom is -0.469 e. The van der Waals surface area contributed by atoms with Gasteiger partial charge in [0.2, 0.25) is 6.79 Å². The summed E-state index contributed by atoms with van der Waals surface area (Å²) >= 11 is 0. The molecule has 0 saturated heterocycles. The van der Waals surface area contributed by atoms with Crippen LogP contribution in [0.1, 0.15) is 34.6 Å². The summed E-state index contributed by atoms with van der Waals surface area (Å²) < 4.78 is 19.2. The second-order valence-corrected chi connectivity index (χ2v) is 8.54. The van der Waals surface area contributed by atoms with Gasteiger partial charge in [-0.15, -0.1) is 0 Å². The smallest absolute Gasteiger partial charge is 0.410 e. The van der Waals surface area contributed by atoms with Crippen LogP contribution in [0.2, 0.25) is 0 Å². The molecular weight excluding hydrogens is 424 g/mol. The molecule has 12 heteroatoms. The van der Waals surface area contributed by atoms with Crippen LogP contribution in [0.4, 0.5) is 9.59 Å². The number of carbonyl (C=O) groups is 4. The topological polar surface area (TPSA) is 153 Å². The molecule has 32 heavy (non-hydrogen) atoms. The van der Waals surface area contributed by atoms with Gasteiger partial charge in [-0.3, -0.25) is 9.59 Å². The number of methoxy groups -OCH3 is 1. The average molecular weight is 463 g/mol. The van der Waals surface area contributed by atoms with Crippen LogP contribution in [0.5, 0.6) is 0 Å². The molecule has 0 bridgehead atoms. The molecule has 4 N–H and O–H groups in total. The highest BCUT2D eigenvalue weighted by molar-refractivity contribution is 5.76. The van der Waals surface area contributed by atoms with Gasteiger partial charge < -0.3 is 40.2 Å². The third-order valence-corrected chi connectivity index (χ3v) is 3.92. The molecule has 186 valence electrons. The van der Waals surface area contributed by atoms with Crippen molar-refractivity contribution in [1.29, 1.82) is 0 Å². The van der Waals surface area contributed by atoms with Gasteiger partial charge >= 0.3 is 24.1 Å². The molecule has 0 aliphatic carbocycles. The Bertz CT molecular complexity index is 605. The number of hydrogen-bond donors (Lipinski definition) is 4. The second-order valence-electron chi connectivity index (χ2n) is 8.54. The second kappa shape index (κ2) is 15.2. The largest absolute Gasteiger partial charge is 0.469 e. The SMILES string of the molecule is COC(=O)C(C)(C)COC(=O)NCCNCCNCCNC(=O)OCOC(=O)C(C)(C)C. The highest BCUT2D eigenvalue weighted by atomic mass is 16.7. The third kappa shape index (κ3) is 14.4. The minimum atomic E-state index is -0.902. The van der Waals surface area contributed by atoms with E-state index in [2.05, 4.69) is 26.0 Å². The first kappa shape index (κ1) is 29.4. The van der Waals surface area contributed by atoms with E-state index in [-0.39, 0.29) is 6.61 Å². The summed E-state index contributed by atoms with van der Waals surface area (Å²) in [6.45, 7) is 11.0. The quantitative estimate of drug-likeness (QED) is 0.123. The highest BCUT2D eigenvalue weighted by Crippen LogP contribution is 2.17. The Hall–Kier alpha value is -2.60. The number of amides is 2. The molecule has 2 amide bonds. The van der Waals surface area contributed by atoms with Crippen molar-refractivity contribution in [3.8, 4) is 0 Å². The zero-order chi connectivity index (χ0) is 24.6. The molecule has 12 nitrogen and oxygen atoms in total. The number of rotatable bonds is 14. The summed E-state index contributed by atoms with van der Waals surface area (Å²) in [4.78, 5) is 46.1. The van der Waals surface area contributed by atoms with Crippen molar-refractivity contribution in [2.45, 2.75) is 34.6 Å². The molecule has 0 aliphatic rings. The standard InChI is InChI=1S/C20H38N4O8/c1-19(2,3)15(25)31-14-32-18(28)24-12-10-22-8-7-21-9-11-23-17(27)30-13-20(4,5)16(26)29-6/h21-22H,7-14H2,1-6H3,(H,23,27)(H,24,28). The molecule has 0 radical (unpaired) electrons. The van der Waals surface area contributed by atoms with Gasteiger partial charge in [-0.1, -0.05) is 0 Å². The molecule has 0 unspecified atom stereocenters. The fraction of sp³-hybridized carbons (Fsp3) is 0.800. The van der Waals surface area contributed by atoms with Crippen LogP contribution in [0, 0.1) is 10.8 Å². The maximum absolute atomic E-state index is 11.6. The molecule has 0 aromatic heterocycles. The van der Waals surface area contributed by atoms with E-state index in [1.165, 1.54) is 7.11 Å². The Balaban J connectivity index is 3.56. The number of hydrogen-bond acceptors (Lipinski definition) is 10. The molecule has 0 rings (SSSR count). The number of alkyl carbamates (subject to hydrolysis) is 2. The average Bonchev–Trinajstić information content (AvgIpc) is 2.72. The van der Waals surface area contributed by atoms with E-state index in [0.717, 1.165) is 0 Å². The van der Waals surface area contributed by atoms with Crippen LogP contribution < -0.4 is 21.3 Å². The molecule has 0 spiro atoms. The summed E-state index contributed by atoms with van der Waals surface area (Å²) in [7, 11) is 1.28. The van der Waals surface area contributed by atoms with Crippen LogP contribution in [-0.2, 0) is 28.5 Å². The van der Waals surface area contributed by atoms with Crippen molar-refractivity contribution < 1.29 is 38.1 Å². The molecule has 0 atom stereocenters. The monoisotopic (exact) mass is 462 g/mol. The van der Waals surface area contributed by atoms with E-state index < -0.39 is 41.7 Å². The maximum Gasteiger partial charge on any atom is 0.410 e. The molecule has 0 aromatic rings. The van der Waals surface area contributed by atoms with Crippen molar-refractivity contribution >= 4 is 24.1 Å². The van der Waals surface area contributed by atoms with Crippen molar-refractivity contribution in [3.05, 3.63) is 0 Å². The molecule has 0 aromatic carbocycles. The molecule has 0 saturated carbocycles. The lowest BCUT2D eigenvalue weighted by Crippen LogP contribution is -2.38. The molecule has 0 heterocycles. The number of carbonyl (C=O) groups excluding carboxylic acids is 4. The lowest BCUT2D eigenvalue weighted by molar-refractivity contribution is -0.161. The van der Waals surface area contributed by atoms with Crippen LogP contribution >= 0.6 is 0 Å². The first-order valence-corrected chi connectivity index (χ1v) is 10.4. The first-order valence-electron chi connectivity index (χ1n) is 10.4. The van der Waals surface area contributed by atoms with Crippen molar-refractivity contribution in [1.82, 2.24) is 21.3 Å². The summed E-state index contributed by atoms with van der Waals surface area (Å²) in [5.41, 5.74) is -1.55. The molecular formula is C20H38N4O8. The Morgan fingerprint density at radius 2 is 1.12 bits per heavy atom. The third-order valence-electron chi connectivity index (χ3n) is 3.92. The van der Waals surface area contributed by atoms with Crippen LogP contribution in [0.15, 0.2) is 0 Å². The van der Waals surface area contributed by atoms with E-state index in [1.807, 2.05) is 0 Å². The summed E-state index contributed by atoms with van der Waals surface area (Å²) in [6.07, 6.45) is -1.27. The fourth-order valence-electron chi connectivity index (χ4n) is 1.97. The Kier molecular flexibility index (Phi) is 14.0. The van der Waals surface area contributed by atoms with Crippen molar-refractivity contribution in [2.75, 3.05) is 59.8 Å². The summed E-state index contributed by atoms with van der Waals surface area (Å²) in [6, 6.07) is 0. The van der Waals surface area contributed by atoms with Gasteiger partial charge in [-0.05, 0) is 34.6 Å². The van der Waals surface area contributed by atoms with E-state index in [0.29, 0.717) is 39.3 Å². The maximum atomic E-state index is 11.6. The molecule has 0 aliphatic heterocycles. The molecule has 0 fully saturated rings. The van der Waals surface area contributed by atoms with Crippen molar-refractivity contribution in [3.63, 3.8) is 0 Å². The van der Waals surface area contributed by atoms with Gasteiger partial charge in [0.1, 0.15) is 6.61 Å². The van der Waals surface area contributed by atoms with E-state index in [4.69, 9.17) is 14.2 Å². The van der Waals surface area contributed by atoms with E-state index in [9.17, 15) is 19.2 Å². The Labute approximate surface area is 189 Å². The Morgan fingerprint density at radius 3 is 1.59 bits per heavy atom. The normalized spacial score (nSPS) is 11.3. The van der Waals surface area contributed by atoms with Crippen LogP contribution in [-0.4, -0.2) is 83.9 Å². The predicted octanol–water partition coefficient (Wildman–Crippen LogP) is 0.364. The van der Waals surface area contributed by atoms with Gasteiger partial charge in [0.05, 0.1) is 17.9 Å². The summed E-state index contributed by atoms with van der Waals surface area (Å²) in [5, 5.41) is 11.3. The zero-order valence-electron chi connectivity index (χ0n) is 19.9. The lowest BCUT2D eigenvalue weighted by Gasteiger charge is -2.20. The van der Waals surface area contributed by atoms with Gasteiger partial charge in [-0.2, -0.15) is 0 Å². The van der Waals surface area contributed by atoms with Gasteiger partial charge in [0, 0.05) is 39.3 Å². The van der Waals surface area contributed by atoms with E-state index >= 15 is 0 Å². The number of esters is 2. The van der Waals surface area contributed by atoms with Crippen LogP contribution in [0.25, 0.3) is 0 Å². The van der Waals surface area contributed by atoms with E-state index in [1.54, 1.807) is 34.6 Å². The van der Waals surface area contributed by atoms with Gasteiger partial charge in [0.25, 0.3) is 0 Å². The Morgan fingerprint density at radius 1 is 0.656 bits per heavy atom. The lowest BCUT2D eigenvalue weighted by atomic mass is 9.95. The minimum absolute atomic E-state index is 0.0769. The highest BCUT2D eigenvalue weighted by Gasteiger charge is 2.30. The number of ether oxygens (including phenoxy) is 4. The predicted molar refractivity (Wildman–Crippen MR) is 116 cm³/mol.